The van der Waals surface area contributed by atoms with Crippen LogP contribution in [0.25, 0.3) is 0 Å². The molecule has 1 aromatic rings. The van der Waals surface area contributed by atoms with Gasteiger partial charge in [-0.1, -0.05) is 51.1 Å². The maximum absolute atomic E-state index is 12.2. The number of carboxylic acids is 1. The van der Waals surface area contributed by atoms with Gasteiger partial charge in [-0.25, -0.2) is 0 Å². The summed E-state index contributed by atoms with van der Waals surface area (Å²) in [5.74, 6) is -2.35. The molecule has 0 bridgehead atoms. The van der Waals surface area contributed by atoms with Crippen LogP contribution in [0.1, 0.15) is 26.3 Å². The Kier molecular flexibility index (Phi) is 7.25. The summed E-state index contributed by atoms with van der Waals surface area (Å²) >= 11 is 0. The third-order valence-corrected chi connectivity index (χ3v) is 3.48. The molecule has 2 unspecified atom stereocenters. The summed E-state index contributed by atoms with van der Waals surface area (Å²) in [6.45, 7) is 5.20. The fraction of sp³-hybridized carbons (Fsp3) is 0.471. The molecule has 0 aliphatic carbocycles. The van der Waals surface area contributed by atoms with Crippen molar-refractivity contribution in [2.45, 2.75) is 33.2 Å². The lowest BCUT2D eigenvalue weighted by molar-refractivity contribution is -0.141. The first-order valence-corrected chi connectivity index (χ1v) is 7.65. The summed E-state index contributed by atoms with van der Waals surface area (Å²) in [7, 11) is 0. The third kappa shape index (κ3) is 6.50. The minimum Gasteiger partial charge on any atom is -0.481 e. The molecule has 126 valence electrons. The van der Waals surface area contributed by atoms with Crippen molar-refractivity contribution in [3.63, 3.8) is 0 Å². The number of nitrogens with one attached hydrogen (secondary N) is 2. The normalized spacial score (nSPS) is 13.2. The Morgan fingerprint density at radius 3 is 2.22 bits per heavy atom. The van der Waals surface area contributed by atoms with E-state index in [-0.39, 0.29) is 30.7 Å². The lowest BCUT2D eigenvalue weighted by Crippen LogP contribution is -2.51. The van der Waals surface area contributed by atoms with Crippen LogP contribution in [0.2, 0.25) is 0 Å². The molecule has 0 heterocycles. The largest absolute Gasteiger partial charge is 0.481 e. The van der Waals surface area contributed by atoms with E-state index in [1.165, 1.54) is 6.92 Å². The van der Waals surface area contributed by atoms with Crippen molar-refractivity contribution in [3.05, 3.63) is 35.9 Å². The van der Waals surface area contributed by atoms with Crippen LogP contribution in [0.4, 0.5) is 0 Å². The molecule has 0 fully saturated rings. The number of amides is 2. The molecule has 6 nitrogen and oxygen atoms in total. The molecule has 0 aromatic heterocycles. The van der Waals surface area contributed by atoms with Gasteiger partial charge in [0.25, 0.3) is 0 Å². The molecule has 2 atom stereocenters. The Labute approximate surface area is 136 Å². The highest BCUT2D eigenvalue weighted by molar-refractivity contribution is 5.88. The highest BCUT2D eigenvalue weighted by atomic mass is 16.4. The topological polar surface area (TPSA) is 95.5 Å². The Morgan fingerprint density at radius 1 is 1.09 bits per heavy atom. The minimum absolute atomic E-state index is 0.0337. The fourth-order valence-corrected chi connectivity index (χ4v) is 1.99. The smallest absolute Gasteiger partial charge is 0.308 e. The average Bonchev–Trinajstić information content (AvgIpc) is 2.50. The Balaban J connectivity index is 2.58. The van der Waals surface area contributed by atoms with Crippen LogP contribution in [0, 0.1) is 11.8 Å². The first-order valence-electron chi connectivity index (χ1n) is 7.65. The van der Waals surface area contributed by atoms with Gasteiger partial charge in [-0.05, 0) is 11.5 Å². The van der Waals surface area contributed by atoms with Crippen LogP contribution in [0.3, 0.4) is 0 Å². The van der Waals surface area contributed by atoms with Gasteiger partial charge in [-0.15, -0.1) is 0 Å². The molecule has 2 amide bonds. The molecule has 1 aromatic carbocycles. The minimum atomic E-state index is -0.973. The van der Waals surface area contributed by atoms with Gasteiger partial charge in [0.05, 0.1) is 12.3 Å². The molecule has 23 heavy (non-hydrogen) atoms. The second kappa shape index (κ2) is 8.92. The number of rotatable bonds is 8. The average molecular weight is 320 g/mol. The maximum Gasteiger partial charge on any atom is 0.308 e. The number of aliphatic carboxylic acids is 1. The second-order valence-corrected chi connectivity index (χ2v) is 5.94. The molecule has 1 rings (SSSR count). The Bertz CT molecular complexity index is 543. The van der Waals surface area contributed by atoms with Crippen LogP contribution >= 0.6 is 0 Å². The van der Waals surface area contributed by atoms with Gasteiger partial charge in [0.2, 0.25) is 11.8 Å². The molecule has 0 saturated heterocycles. The van der Waals surface area contributed by atoms with Crippen molar-refractivity contribution in [1.29, 1.82) is 0 Å². The summed E-state index contributed by atoms with van der Waals surface area (Å²) in [5, 5.41) is 14.1. The van der Waals surface area contributed by atoms with E-state index in [9.17, 15) is 14.4 Å². The highest BCUT2D eigenvalue weighted by Crippen LogP contribution is 2.05. The standard InChI is InChI=1S/C17H24N2O4/c1-11(2)15(16(21)18-10-12(3)17(22)23)19-14(20)9-13-7-5-4-6-8-13/h4-8,11-12,15H,9-10H2,1-3H3,(H,18,21)(H,19,20)(H,22,23). The van der Waals surface area contributed by atoms with Crippen molar-refractivity contribution in [2.75, 3.05) is 6.54 Å². The van der Waals surface area contributed by atoms with Crippen LogP contribution in [-0.4, -0.2) is 35.5 Å². The number of hydrogen-bond acceptors (Lipinski definition) is 3. The van der Waals surface area contributed by atoms with Crippen molar-refractivity contribution in [3.8, 4) is 0 Å². The quantitative estimate of drug-likeness (QED) is 0.671. The monoisotopic (exact) mass is 320 g/mol. The van der Waals surface area contributed by atoms with E-state index in [0.29, 0.717) is 0 Å². The van der Waals surface area contributed by atoms with E-state index in [0.717, 1.165) is 5.56 Å². The van der Waals surface area contributed by atoms with Crippen molar-refractivity contribution >= 4 is 17.8 Å². The van der Waals surface area contributed by atoms with Gasteiger partial charge in [0.1, 0.15) is 6.04 Å². The van der Waals surface area contributed by atoms with E-state index in [2.05, 4.69) is 10.6 Å². The van der Waals surface area contributed by atoms with E-state index in [1.807, 2.05) is 44.2 Å². The van der Waals surface area contributed by atoms with Gasteiger partial charge < -0.3 is 15.7 Å². The highest BCUT2D eigenvalue weighted by Gasteiger charge is 2.25. The van der Waals surface area contributed by atoms with Crippen molar-refractivity contribution in [2.24, 2.45) is 11.8 Å². The molecular formula is C17H24N2O4. The van der Waals surface area contributed by atoms with Gasteiger partial charge >= 0.3 is 5.97 Å². The predicted octanol–water partition coefficient (Wildman–Crippen LogP) is 1.21. The molecular weight excluding hydrogens is 296 g/mol. The Morgan fingerprint density at radius 2 is 1.70 bits per heavy atom. The first kappa shape index (κ1) is 18.7. The number of benzene rings is 1. The van der Waals surface area contributed by atoms with E-state index in [1.54, 1.807) is 0 Å². The van der Waals surface area contributed by atoms with Gasteiger partial charge in [0.15, 0.2) is 0 Å². The maximum atomic E-state index is 12.2. The molecule has 3 N–H and O–H groups in total. The van der Waals surface area contributed by atoms with Gasteiger partial charge in [0, 0.05) is 6.54 Å². The Hall–Kier alpha value is -2.37. The third-order valence-electron chi connectivity index (χ3n) is 3.48. The summed E-state index contributed by atoms with van der Waals surface area (Å²) in [6, 6.07) is 8.57. The zero-order valence-corrected chi connectivity index (χ0v) is 13.7. The van der Waals surface area contributed by atoms with Gasteiger partial charge in [-0.3, -0.25) is 14.4 Å². The number of carboxylic acid groups (broad SMARTS) is 1. The summed E-state index contributed by atoms with van der Waals surface area (Å²) in [5.41, 5.74) is 0.868. The molecule has 6 heteroatoms. The van der Waals surface area contributed by atoms with Crippen LogP contribution < -0.4 is 10.6 Å². The number of hydrogen-bond donors (Lipinski definition) is 3. The molecule has 0 radical (unpaired) electrons. The van der Waals surface area contributed by atoms with Crippen LogP contribution in [0.15, 0.2) is 30.3 Å². The van der Waals surface area contributed by atoms with E-state index in [4.69, 9.17) is 5.11 Å². The first-order chi connectivity index (χ1) is 10.8. The van der Waals surface area contributed by atoms with Crippen molar-refractivity contribution < 1.29 is 19.5 Å². The summed E-state index contributed by atoms with van der Waals surface area (Å²) < 4.78 is 0. The molecule has 0 spiro atoms. The summed E-state index contributed by atoms with van der Waals surface area (Å²) in [6.07, 6.45) is 0.197. The zero-order chi connectivity index (χ0) is 17.4. The zero-order valence-electron chi connectivity index (χ0n) is 13.7. The fourth-order valence-electron chi connectivity index (χ4n) is 1.99. The molecule has 0 aliphatic rings. The van der Waals surface area contributed by atoms with Gasteiger partial charge in [-0.2, -0.15) is 0 Å². The SMILES string of the molecule is CC(CNC(=O)C(NC(=O)Cc1ccccc1)C(C)C)C(=O)O. The summed E-state index contributed by atoms with van der Waals surface area (Å²) in [4.78, 5) is 35.0. The second-order valence-electron chi connectivity index (χ2n) is 5.94. The predicted molar refractivity (Wildman–Crippen MR) is 86.7 cm³/mol. The number of carbonyl (C=O) groups is 3. The molecule has 0 saturated carbocycles. The number of carbonyl (C=O) groups excluding carboxylic acids is 2. The van der Waals surface area contributed by atoms with Crippen LogP contribution in [0.5, 0.6) is 0 Å². The van der Waals surface area contributed by atoms with Crippen LogP contribution in [-0.2, 0) is 20.8 Å². The van der Waals surface area contributed by atoms with Crippen molar-refractivity contribution in [1.82, 2.24) is 10.6 Å². The molecule has 0 aliphatic heterocycles. The lowest BCUT2D eigenvalue weighted by atomic mass is 10.0. The lowest BCUT2D eigenvalue weighted by Gasteiger charge is -2.22. The van der Waals surface area contributed by atoms with E-state index >= 15 is 0 Å². The van der Waals surface area contributed by atoms with E-state index < -0.39 is 17.9 Å².